The molecular weight excluding hydrogens is 257 g/mol. The minimum atomic E-state index is -0.310. The van der Waals surface area contributed by atoms with Crippen LogP contribution in [0.3, 0.4) is 0 Å². The largest absolute Gasteiger partial charge is 0.403 e. The Hall–Kier alpha value is -2.43. The van der Waals surface area contributed by atoms with Crippen molar-refractivity contribution in [2.24, 2.45) is 10.7 Å². The van der Waals surface area contributed by atoms with E-state index < -0.39 is 0 Å². The van der Waals surface area contributed by atoms with Gasteiger partial charge in [0.2, 0.25) is 5.91 Å². The smallest absolute Gasteiger partial charge is 0.230 e. The lowest BCUT2D eigenvalue weighted by atomic mass is 10.1. The molecule has 0 aromatic heterocycles. The number of nitrogens with two attached hydrogens (primary N) is 1. The molecule has 0 bridgehead atoms. The summed E-state index contributed by atoms with van der Waals surface area (Å²) in [6.07, 6.45) is 5.88. The maximum Gasteiger partial charge on any atom is 0.230 e. The fourth-order valence-electron chi connectivity index (χ4n) is 1.93. The van der Waals surface area contributed by atoms with Crippen molar-refractivity contribution >= 4 is 17.3 Å². The molecule has 0 unspecified atom stereocenters. The second-order valence-corrected chi connectivity index (χ2v) is 4.29. The van der Waals surface area contributed by atoms with E-state index in [0.717, 1.165) is 0 Å². The molecule has 1 aromatic carbocycles. The Morgan fingerprint density at radius 1 is 1.45 bits per heavy atom. The van der Waals surface area contributed by atoms with Crippen molar-refractivity contribution in [2.45, 2.75) is 19.8 Å². The van der Waals surface area contributed by atoms with Crippen LogP contribution in [0.15, 0.2) is 53.4 Å². The highest BCUT2D eigenvalue weighted by Crippen LogP contribution is 2.21. The van der Waals surface area contributed by atoms with Crippen molar-refractivity contribution < 1.29 is 9.18 Å². The molecule has 1 aliphatic rings. The topological polar surface area (TPSA) is 58.7 Å². The third-order valence-electron chi connectivity index (χ3n) is 2.94. The van der Waals surface area contributed by atoms with Crippen LogP contribution in [0.4, 0.5) is 10.1 Å². The van der Waals surface area contributed by atoms with Gasteiger partial charge in [-0.15, -0.1) is 0 Å². The lowest BCUT2D eigenvalue weighted by Crippen LogP contribution is -2.31. The second kappa shape index (κ2) is 6.14. The van der Waals surface area contributed by atoms with Gasteiger partial charge in [-0.3, -0.25) is 14.7 Å². The SMILES string of the molecule is CCC(=O)N1C=CCC(=Nc2ccc(F)cc2)C1=CN. The first kappa shape index (κ1) is 14.0. The highest BCUT2D eigenvalue weighted by atomic mass is 19.1. The minimum Gasteiger partial charge on any atom is -0.403 e. The fourth-order valence-corrected chi connectivity index (χ4v) is 1.93. The summed E-state index contributed by atoms with van der Waals surface area (Å²) in [6, 6.07) is 5.86. The summed E-state index contributed by atoms with van der Waals surface area (Å²) in [7, 11) is 0. The van der Waals surface area contributed by atoms with Crippen LogP contribution in [0.1, 0.15) is 19.8 Å². The predicted molar refractivity (Wildman–Crippen MR) is 76.7 cm³/mol. The van der Waals surface area contributed by atoms with Gasteiger partial charge in [-0.05, 0) is 24.3 Å². The average Bonchev–Trinajstić information content (AvgIpc) is 2.48. The molecule has 20 heavy (non-hydrogen) atoms. The monoisotopic (exact) mass is 273 g/mol. The molecular formula is C15H16FN3O. The molecule has 0 radical (unpaired) electrons. The van der Waals surface area contributed by atoms with Gasteiger partial charge in [0, 0.05) is 25.2 Å². The van der Waals surface area contributed by atoms with E-state index in [1.807, 2.05) is 6.08 Å². The van der Waals surface area contributed by atoms with Gasteiger partial charge in [0.05, 0.1) is 17.1 Å². The molecule has 2 rings (SSSR count). The van der Waals surface area contributed by atoms with E-state index in [4.69, 9.17) is 5.73 Å². The first-order valence-electron chi connectivity index (χ1n) is 6.39. The van der Waals surface area contributed by atoms with Gasteiger partial charge in [-0.25, -0.2) is 4.39 Å². The van der Waals surface area contributed by atoms with E-state index >= 15 is 0 Å². The first-order valence-corrected chi connectivity index (χ1v) is 6.39. The molecule has 0 fully saturated rings. The lowest BCUT2D eigenvalue weighted by Gasteiger charge is -2.25. The summed E-state index contributed by atoms with van der Waals surface area (Å²) in [5.41, 5.74) is 7.51. The van der Waals surface area contributed by atoms with E-state index in [0.29, 0.717) is 29.9 Å². The van der Waals surface area contributed by atoms with E-state index in [1.54, 1.807) is 25.3 Å². The number of amides is 1. The standard InChI is InChI=1S/C15H16FN3O/c1-2-15(20)19-9-3-4-13(14(19)10-17)18-12-7-5-11(16)6-8-12/h3,5-10H,2,4,17H2,1H3. The van der Waals surface area contributed by atoms with Gasteiger partial charge in [0.1, 0.15) is 5.82 Å². The maximum absolute atomic E-state index is 12.9. The summed E-state index contributed by atoms with van der Waals surface area (Å²) in [5, 5.41) is 0. The van der Waals surface area contributed by atoms with Crippen LogP contribution >= 0.6 is 0 Å². The number of rotatable bonds is 2. The van der Waals surface area contributed by atoms with Crippen LogP contribution in [0, 0.1) is 5.82 Å². The molecule has 0 aliphatic carbocycles. The van der Waals surface area contributed by atoms with Gasteiger partial charge in [-0.2, -0.15) is 0 Å². The van der Waals surface area contributed by atoms with Crippen molar-refractivity contribution in [3.05, 3.63) is 54.3 Å². The van der Waals surface area contributed by atoms with Crippen LogP contribution in [-0.2, 0) is 4.79 Å². The van der Waals surface area contributed by atoms with Crippen LogP contribution in [-0.4, -0.2) is 16.5 Å². The van der Waals surface area contributed by atoms with Crippen molar-refractivity contribution in [1.29, 1.82) is 0 Å². The summed E-state index contributed by atoms with van der Waals surface area (Å²) in [4.78, 5) is 17.8. The number of nitrogens with zero attached hydrogens (tertiary/aromatic N) is 2. The zero-order valence-electron chi connectivity index (χ0n) is 11.2. The molecule has 1 heterocycles. The Balaban J connectivity index is 2.34. The lowest BCUT2D eigenvalue weighted by molar-refractivity contribution is -0.126. The Labute approximate surface area is 117 Å². The molecule has 2 N–H and O–H groups in total. The number of carbonyl (C=O) groups excluding carboxylic acids is 1. The van der Waals surface area contributed by atoms with Gasteiger partial charge < -0.3 is 5.73 Å². The summed E-state index contributed by atoms with van der Waals surface area (Å²) in [6.45, 7) is 1.79. The molecule has 1 amide bonds. The maximum atomic E-state index is 12.9. The number of hydrogen-bond acceptors (Lipinski definition) is 3. The molecule has 0 saturated heterocycles. The quantitative estimate of drug-likeness (QED) is 0.900. The van der Waals surface area contributed by atoms with Crippen LogP contribution in [0.2, 0.25) is 0 Å². The summed E-state index contributed by atoms with van der Waals surface area (Å²) < 4.78 is 12.9. The summed E-state index contributed by atoms with van der Waals surface area (Å²) >= 11 is 0. The van der Waals surface area contributed by atoms with Crippen LogP contribution < -0.4 is 5.73 Å². The first-order chi connectivity index (χ1) is 9.65. The molecule has 0 atom stereocenters. The third kappa shape index (κ3) is 2.93. The molecule has 1 aromatic rings. The van der Waals surface area contributed by atoms with E-state index in [9.17, 15) is 9.18 Å². The Morgan fingerprint density at radius 3 is 2.75 bits per heavy atom. The molecule has 1 aliphatic heterocycles. The Bertz CT molecular complexity index is 588. The number of aliphatic imine (C=N–C) groups is 1. The van der Waals surface area contributed by atoms with Crippen molar-refractivity contribution in [3.63, 3.8) is 0 Å². The van der Waals surface area contributed by atoms with Crippen LogP contribution in [0.25, 0.3) is 0 Å². The number of hydrogen-bond donors (Lipinski definition) is 1. The molecule has 0 spiro atoms. The Morgan fingerprint density at radius 2 is 2.15 bits per heavy atom. The van der Waals surface area contributed by atoms with Gasteiger partial charge in [0.15, 0.2) is 0 Å². The van der Waals surface area contributed by atoms with Crippen molar-refractivity contribution in [3.8, 4) is 0 Å². The number of benzene rings is 1. The van der Waals surface area contributed by atoms with Gasteiger partial charge in [0.25, 0.3) is 0 Å². The predicted octanol–water partition coefficient (Wildman–Crippen LogP) is 2.85. The average molecular weight is 273 g/mol. The van der Waals surface area contributed by atoms with Gasteiger partial charge in [-0.1, -0.05) is 13.0 Å². The molecule has 5 heteroatoms. The fraction of sp³-hybridized carbons (Fsp3) is 0.200. The van der Waals surface area contributed by atoms with Gasteiger partial charge >= 0.3 is 0 Å². The van der Waals surface area contributed by atoms with E-state index in [2.05, 4.69) is 4.99 Å². The zero-order valence-corrected chi connectivity index (χ0v) is 11.2. The number of halogens is 1. The molecule has 4 nitrogen and oxygen atoms in total. The Kier molecular flexibility index (Phi) is 4.30. The number of carbonyl (C=O) groups is 1. The molecule has 0 saturated carbocycles. The highest BCUT2D eigenvalue weighted by Gasteiger charge is 2.21. The number of allylic oxidation sites excluding steroid dienone is 2. The van der Waals surface area contributed by atoms with E-state index in [1.165, 1.54) is 23.2 Å². The summed E-state index contributed by atoms with van der Waals surface area (Å²) in [5.74, 6) is -0.362. The molecule has 104 valence electrons. The highest BCUT2D eigenvalue weighted by molar-refractivity contribution is 6.06. The zero-order chi connectivity index (χ0) is 14.5. The second-order valence-electron chi connectivity index (χ2n) is 4.29. The van der Waals surface area contributed by atoms with Crippen molar-refractivity contribution in [1.82, 2.24) is 4.90 Å². The normalized spacial score (nSPS) is 18.8. The van der Waals surface area contributed by atoms with Crippen molar-refractivity contribution in [2.75, 3.05) is 0 Å². The van der Waals surface area contributed by atoms with E-state index in [-0.39, 0.29) is 11.7 Å². The van der Waals surface area contributed by atoms with Crippen LogP contribution in [0.5, 0.6) is 0 Å². The minimum absolute atomic E-state index is 0.0514. The third-order valence-corrected chi connectivity index (χ3v) is 2.94.